The topological polar surface area (TPSA) is 45.1 Å². The molecule has 1 heterocycles. The Bertz CT molecular complexity index is 990. The number of pyridine rings is 1. The summed E-state index contributed by atoms with van der Waals surface area (Å²) in [5.41, 5.74) is 7.05. The number of benzene rings is 2. The van der Waals surface area contributed by atoms with Gasteiger partial charge in [-0.1, -0.05) is 35.9 Å². The predicted octanol–water partition coefficient (Wildman–Crippen LogP) is 5.95. The first kappa shape index (κ1) is 19.0. The van der Waals surface area contributed by atoms with Crippen LogP contribution in [-0.4, -0.2) is 15.7 Å². The molecule has 144 valence electrons. The zero-order valence-electron chi connectivity index (χ0n) is 16.3. The number of nitrogens with zero attached hydrogens (tertiary/aromatic N) is 1. The molecule has 2 N–H and O–H groups in total. The van der Waals surface area contributed by atoms with Crippen LogP contribution >= 0.6 is 11.6 Å². The molecule has 0 fully saturated rings. The summed E-state index contributed by atoms with van der Waals surface area (Å²) in [4.78, 5) is 4.89. The number of hydrogen-bond donors (Lipinski definition) is 2. The summed E-state index contributed by atoms with van der Waals surface area (Å²) >= 11 is 6.18. The number of anilines is 2. The van der Waals surface area contributed by atoms with Crippen LogP contribution in [0.5, 0.6) is 0 Å². The second kappa shape index (κ2) is 7.57. The van der Waals surface area contributed by atoms with Gasteiger partial charge in [0.2, 0.25) is 0 Å². The maximum Gasteiger partial charge on any atom is 0.0726 e. The second-order valence-electron chi connectivity index (χ2n) is 8.16. The van der Waals surface area contributed by atoms with E-state index in [1.807, 2.05) is 38.1 Å². The first-order valence-electron chi connectivity index (χ1n) is 9.74. The summed E-state index contributed by atoms with van der Waals surface area (Å²) in [6, 6.07) is 18.3. The third-order valence-corrected chi connectivity index (χ3v) is 5.28. The van der Waals surface area contributed by atoms with Crippen LogP contribution in [0.3, 0.4) is 0 Å². The Labute approximate surface area is 171 Å². The van der Waals surface area contributed by atoms with Gasteiger partial charge in [0.25, 0.3) is 0 Å². The standard InChI is InChI=1S/C24H25ClN2O/c1-24(2,28)15-16-9-11-19(12-10-16)26-23-14-22(17-5-3-6-18(25)13-17)27-21-8-4-7-20(21)23/h3,5-6,9-14,28H,4,7-8,15H2,1-2H3,(H,26,27). The van der Waals surface area contributed by atoms with Crippen LogP contribution in [0, 0.1) is 0 Å². The molecule has 0 unspecified atom stereocenters. The molecule has 3 aromatic rings. The van der Waals surface area contributed by atoms with Gasteiger partial charge in [0.05, 0.1) is 11.3 Å². The Kier molecular flexibility index (Phi) is 5.13. The Morgan fingerprint density at radius 2 is 1.86 bits per heavy atom. The van der Waals surface area contributed by atoms with Gasteiger partial charge in [-0.15, -0.1) is 0 Å². The number of fused-ring (bicyclic) bond motifs is 1. The Morgan fingerprint density at radius 1 is 1.07 bits per heavy atom. The molecule has 4 heteroatoms. The molecule has 0 atom stereocenters. The van der Waals surface area contributed by atoms with Crippen LogP contribution in [0.4, 0.5) is 11.4 Å². The first-order chi connectivity index (χ1) is 13.4. The van der Waals surface area contributed by atoms with E-state index in [1.54, 1.807) is 0 Å². The van der Waals surface area contributed by atoms with E-state index in [0.29, 0.717) is 6.42 Å². The molecule has 0 bridgehead atoms. The van der Waals surface area contributed by atoms with E-state index in [0.717, 1.165) is 52.5 Å². The zero-order valence-corrected chi connectivity index (χ0v) is 17.1. The van der Waals surface area contributed by atoms with Gasteiger partial charge in [-0.2, -0.15) is 0 Å². The Hall–Kier alpha value is -2.36. The molecular formula is C24H25ClN2O. The van der Waals surface area contributed by atoms with Crippen molar-refractivity contribution in [2.45, 2.75) is 45.1 Å². The third-order valence-electron chi connectivity index (χ3n) is 5.04. The van der Waals surface area contributed by atoms with Crippen molar-refractivity contribution in [3.05, 3.63) is 76.4 Å². The van der Waals surface area contributed by atoms with Crippen molar-refractivity contribution in [1.29, 1.82) is 0 Å². The molecule has 1 aliphatic carbocycles. The van der Waals surface area contributed by atoms with Gasteiger partial charge >= 0.3 is 0 Å². The quantitative estimate of drug-likeness (QED) is 0.564. The number of halogens is 1. The largest absolute Gasteiger partial charge is 0.390 e. The van der Waals surface area contributed by atoms with Crippen molar-refractivity contribution in [1.82, 2.24) is 4.98 Å². The Balaban J connectivity index is 1.64. The molecule has 2 aromatic carbocycles. The average molecular weight is 393 g/mol. The number of aromatic nitrogens is 1. The summed E-state index contributed by atoms with van der Waals surface area (Å²) in [5.74, 6) is 0. The fraction of sp³-hybridized carbons (Fsp3) is 0.292. The summed E-state index contributed by atoms with van der Waals surface area (Å²) in [5, 5.41) is 14.3. The molecule has 0 radical (unpaired) electrons. The molecule has 3 nitrogen and oxygen atoms in total. The lowest BCUT2D eigenvalue weighted by atomic mass is 9.98. The normalized spacial score (nSPS) is 13.4. The van der Waals surface area contributed by atoms with E-state index in [2.05, 4.69) is 35.6 Å². The van der Waals surface area contributed by atoms with Gasteiger partial charge in [-0.05, 0) is 74.6 Å². The minimum absolute atomic E-state index is 0.636. The van der Waals surface area contributed by atoms with Crippen LogP contribution in [0.15, 0.2) is 54.6 Å². The molecule has 0 aliphatic heterocycles. The SMILES string of the molecule is CC(C)(O)Cc1ccc(Nc2cc(-c3cccc(Cl)c3)nc3c2CCC3)cc1. The second-order valence-corrected chi connectivity index (χ2v) is 8.59. The predicted molar refractivity (Wildman–Crippen MR) is 116 cm³/mol. The number of aliphatic hydroxyl groups is 1. The maximum absolute atomic E-state index is 10.0. The van der Waals surface area contributed by atoms with Crippen LogP contribution in [0.2, 0.25) is 5.02 Å². The lowest BCUT2D eigenvalue weighted by molar-refractivity contribution is 0.0810. The van der Waals surface area contributed by atoms with Gasteiger partial charge in [0, 0.05) is 34.1 Å². The molecule has 0 amide bonds. The highest BCUT2D eigenvalue weighted by molar-refractivity contribution is 6.30. The highest BCUT2D eigenvalue weighted by atomic mass is 35.5. The van der Waals surface area contributed by atoms with Gasteiger partial charge in [0.1, 0.15) is 0 Å². The van der Waals surface area contributed by atoms with Crippen LogP contribution in [-0.2, 0) is 19.3 Å². The van der Waals surface area contributed by atoms with Crippen molar-refractivity contribution in [3.63, 3.8) is 0 Å². The van der Waals surface area contributed by atoms with Crippen molar-refractivity contribution in [3.8, 4) is 11.3 Å². The lowest BCUT2D eigenvalue weighted by Gasteiger charge is -2.18. The van der Waals surface area contributed by atoms with Crippen molar-refractivity contribution < 1.29 is 5.11 Å². The van der Waals surface area contributed by atoms with Crippen LogP contribution < -0.4 is 5.32 Å². The minimum Gasteiger partial charge on any atom is -0.390 e. The Morgan fingerprint density at radius 3 is 2.57 bits per heavy atom. The van der Waals surface area contributed by atoms with Crippen LogP contribution in [0.25, 0.3) is 11.3 Å². The fourth-order valence-electron chi connectivity index (χ4n) is 3.81. The monoisotopic (exact) mass is 392 g/mol. The summed E-state index contributed by atoms with van der Waals surface area (Å²) in [6.45, 7) is 3.66. The average Bonchev–Trinajstić information content (AvgIpc) is 3.11. The van der Waals surface area contributed by atoms with Gasteiger partial charge in [-0.25, -0.2) is 0 Å². The van der Waals surface area contributed by atoms with Gasteiger partial charge in [-0.3, -0.25) is 4.98 Å². The molecule has 28 heavy (non-hydrogen) atoms. The molecule has 1 aromatic heterocycles. The van der Waals surface area contributed by atoms with E-state index in [9.17, 15) is 5.11 Å². The smallest absolute Gasteiger partial charge is 0.0726 e. The van der Waals surface area contributed by atoms with Crippen molar-refractivity contribution in [2.24, 2.45) is 0 Å². The maximum atomic E-state index is 10.0. The summed E-state index contributed by atoms with van der Waals surface area (Å²) < 4.78 is 0. The van der Waals surface area contributed by atoms with E-state index in [1.165, 1.54) is 11.3 Å². The highest BCUT2D eigenvalue weighted by Gasteiger charge is 2.19. The van der Waals surface area contributed by atoms with Gasteiger partial charge < -0.3 is 10.4 Å². The van der Waals surface area contributed by atoms with Gasteiger partial charge in [0.15, 0.2) is 0 Å². The molecule has 0 saturated carbocycles. The summed E-state index contributed by atoms with van der Waals surface area (Å²) in [7, 11) is 0. The first-order valence-corrected chi connectivity index (χ1v) is 10.1. The molecule has 4 rings (SSSR count). The number of hydrogen-bond acceptors (Lipinski definition) is 3. The lowest BCUT2D eigenvalue weighted by Crippen LogP contribution is -2.21. The minimum atomic E-state index is -0.702. The van der Waals surface area contributed by atoms with E-state index < -0.39 is 5.60 Å². The van der Waals surface area contributed by atoms with Crippen molar-refractivity contribution in [2.75, 3.05) is 5.32 Å². The number of aryl methyl sites for hydroxylation is 1. The summed E-state index contributed by atoms with van der Waals surface area (Å²) in [6.07, 6.45) is 3.84. The molecule has 0 saturated heterocycles. The molecular weight excluding hydrogens is 368 g/mol. The van der Waals surface area contributed by atoms with Crippen LogP contribution in [0.1, 0.15) is 37.1 Å². The highest BCUT2D eigenvalue weighted by Crippen LogP contribution is 2.34. The zero-order chi connectivity index (χ0) is 19.7. The van der Waals surface area contributed by atoms with Crippen molar-refractivity contribution >= 4 is 23.0 Å². The third kappa shape index (κ3) is 4.37. The fourth-order valence-corrected chi connectivity index (χ4v) is 4.00. The molecule has 0 spiro atoms. The van der Waals surface area contributed by atoms with E-state index >= 15 is 0 Å². The van der Waals surface area contributed by atoms with E-state index in [-0.39, 0.29) is 0 Å². The number of nitrogens with one attached hydrogen (secondary N) is 1. The van der Waals surface area contributed by atoms with E-state index in [4.69, 9.17) is 16.6 Å². The molecule has 1 aliphatic rings. The number of rotatable bonds is 5.